The van der Waals surface area contributed by atoms with Crippen LogP contribution in [0, 0.1) is 6.92 Å². The maximum atomic E-state index is 12.5. The monoisotopic (exact) mass is 676 g/mol. The van der Waals surface area contributed by atoms with Crippen LogP contribution in [0.1, 0.15) is 78.2 Å². The highest BCUT2D eigenvalue weighted by molar-refractivity contribution is 8.01. The Bertz CT molecular complexity index is 1600. The van der Waals surface area contributed by atoms with E-state index in [1.165, 1.54) is 0 Å². The number of carbonyl (C=O) groups excluding carboxylic acids is 2. The lowest BCUT2D eigenvalue weighted by molar-refractivity contribution is -0.245. The number of nitrogens with zero attached hydrogens (tertiary/aromatic N) is 2. The van der Waals surface area contributed by atoms with Gasteiger partial charge in [-0.05, 0) is 47.6 Å². The van der Waals surface area contributed by atoms with Gasteiger partial charge in [-0.25, -0.2) is 5.48 Å². The highest BCUT2D eigenvalue weighted by Gasteiger charge is 2.32. The molecule has 4 aromatic rings. The third kappa shape index (κ3) is 10.2. The number of hydrogen-bond acceptors (Lipinski definition) is 10. The Morgan fingerprint density at radius 1 is 0.915 bits per heavy atom. The number of aryl methyl sites for hydroxylation is 1. The van der Waals surface area contributed by atoms with Gasteiger partial charge in [0.1, 0.15) is 5.01 Å². The van der Waals surface area contributed by atoms with Crippen LogP contribution in [0.4, 0.5) is 0 Å². The quantitative estimate of drug-likeness (QED) is 0.0486. The standard InChI is InChI=1S/C35H40N4O6S2/c1-23-37-38-35(47-23)46-22-29-19-31(26-13-11-24(21-40)12-14-26)45-34(44-29)27-17-15-25(16-18-27)30-8-6-5-7-28(30)20-36-32(41)9-3-2-4-10-33(42)39-43/h5-8,11-18,29,31,34,40,43H,2-4,9-10,19-22H2,1H3,(H,36,41)(H,39,42). The molecular formula is C35H40N4O6S2. The summed E-state index contributed by atoms with van der Waals surface area (Å²) in [6.07, 6.45) is 2.54. The fraction of sp³-hybridized carbons (Fsp3) is 0.371. The first-order valence-electron chi connectivity index (χ1n) is 15.7. The Hall–Kier alpha value is -3.65. The summed E-state index contributed by atoms with van der Waals surface area (Å²) in [7, 11) is 0. The van der Waals surface area contributed by atoms with Crippen molar-refractivity contribution < 1.29 is 29.4 Å². The third-order valence-electron chi connectivity index (χ3n) is 7.93. The summed E-state index contributed by atoms with van der Waals surface area (Å²) >= 11 is 3.22. The Labute approximate surface area is 282 Å². The van der Waals surface area contributed by atoms with Crippen LogP contribution in [0.25, 0.3) is 11.1 Å². The molecular weight excluding hydrogens is 637 g/mol. The number of aliphatic hydroxyl groups excluding tert-OH is 1. The topological polar surface area (TPSA) is 143 Å². The summed E-state index contributed by atoms with van der Waals surface area (Å²) < 4.78 is 13.9. The number of hydroxylamine groups is 1. The fourth-order valence-electron chi connectivity index (χ4n) is 5.39. The molecule has 3 unspecified atom stereocenters. The summed E-state index contributed by atoms with van der Waals surface area (Å²) in [5, 5.41) is 30.4. The van der Waals surface area contributed by atoms with E-state index in [0.717, 1.165) is 54.9 Å². The van der Waals surface area contributed by atoms with Crippen LogP contribution in [0.15, 0.2) is 77.1 Å². The highest BCUT2D eigenvalue weighted by Crippen LogP contribution is 2.40. The summed E-state index contributed by atoms with van der Waals surface area (Å²) in [6.45, 7) is 2.35. The van der Waals surface area contributed by atoms with Gasteiger partial charge in [-0.3, -0.25) is 14.8 Å². The van der Waals surface area contributed by atoms with E-state index in [9.17, 15) is 14.7 Å². The second-order valence-corrected chi connectivity index (χ2v) is 13.8. The minimum absolute atomic E-state index is 0.00499. The number of ether oxygens (including phenoxy) is 2. The lowest BCUT2D eigenvalue weighted by Crippen LogP contribution is -2.31. The van der Waals surface area contributed by atoms with Crippen molar-refractivity contribution in [1.82, 2.24) is 21.0 Å². The molecule has 0 radical (unpaired) electrons. The molecule has 248 valence electrons. The van der Waals surface area contributed by atoms with Crippen molar-refractivity contribution in [2.75, 3.05) is 5.75 Å². The largest absolute Gasteiger partial charge is 0.392 e. The molecule has 5 rings (SSSR count). The van der Waals surface area contributed by atoms with Crippen molar-refractivity contribution >= 4 is 34.9 Å². The second-order valence-electron chi connectivity index (χ2n) is 11.4. The van der Waals surface area contributed by atoms with Crippen molar-refractivity contribution in [2.24, 2.45) is 0 Å². The van der Waals surface area contributed by atoms with Crippen LogP contribution < -0.4 is 10.8 Å². The van der Waals surface area contributed by atoms with Crippen LogP contribution in [0.2, 0.25) is 0 Å². The molecule has 1 fully saturated rings. The van der Waals surface area contributed by atoms with Gasteiger partial charge in [0.2, 0.25) is 11.8 Å². The Morgan fingerprint density at radius 3 is 2.34 bits per heavy atom. The molecule has 0 spiro atoms. The summed E-state index contributed by atoms with van der Waals surface area (Å²) in [5.41, 5.74) is 7.49. The number of thioether (sulfide) groups is 1. The van der Waals surface area contributed by atoms with Crippen LogP contribution in [0.5, 0.6) is 0 Å². The average Bonchev–Trinajstić information content (AvgIpc) is 3.54. The maximum absolute atomic E-state index is 12.5. The summed E-state index contributed by atoms with van der Waals surface area (Å²) in [6, 6.07) is 24.0. The highest BCUT2D eigenvalue weighted by atomic mass is 32.2. The van der Waals surface area contributed by atoms with Gasteiger partial charge in [0.05, 0.1) is 18.8 Å². The van der Waals surface area contributed by atoms with E-state index in [2.05, 4.69) is 27.6 Å². The van der Waals surface area contributed by atoms with Crippen molar-refractivity contribution in [3.05, 3.63) is 100 Å². The molecule has 2 amide bonds. The molecule has 3 aromatic carbocycles. The number of aromatic nitrogens is 2. The first kappa shape index (κ1) is 34.7. The molecule has 1 aliphatic rings. The first-order chi connectivity index (χ1) is 22.9. The molecule has 4 N–H and O–H groups in total. The van der Waals surface area contributed by atoms with Crippen LogP contribution in [-0.4, -0.2) is 44.2 Å². The Kier molecular flexibility index (Phi) is 12.9. The molecule has 0 bridgehead atoms. The van der Waals surface area contributed by atoms with Crippen LogP contribution in [0.3, 0.4) is 0 Å². The van der Waals surface area contributed by atoms with Gasteiger partial charge in [0.15, 0.2) is 10.6 Å². The lowest BCUT2D eigenvalue weighted by Gasteiger charge is -2.36. The van der Waals surface area contributed by atoms with Crippen molar-refractivity contribution in [1.29, 1.82) is 0 Å². The normalized spacial score (nSPS) is 17.7. The van der Waals surface area contributed by atoms with E-state index in [4.69, 9.17) is 14.7 Å². The summed E-state index contributed by atoms with van der Waals surface area (Å²) in [4.78, 5) is 23.6. The number of benzene rings is 3. The summed E-state index contributed by atoms with van der Waals surface area (Å²) in [5.74, 6) is 0.270. The zero-order valence-electron chi connectivity index (χ0n) is 26.3. The number of carbonyl (C=O) groups is 2. The predicted molar refractivity (Wildman–Crippen MR) is 181 cm³/mol. The first-order valence-corrected chi connectivity index (χ1v) is 17.5. The van der Waals surface area contributed by atoms with E-state index < -0.39 is 12.2 Å². The van der Waals surface area contributed by atoms with E-state index >= 15 is 0 Å². The molecule has 0 saturated carbocycles. The second kappa shape index (κ2) is 17.5. The van der Waals surface area contributed by atoms with Gasteiger partial charge in [0.25, 0.3) is 0 Å². The van der Waals surface area contributed by atoms with Gasteiger partial charge in [-0.2, -0.15) is 0 Å². The Morgan fingerprint density at radius 2 is 1.64 bits per heavy atom. The molecule has 1 aliphatic heterocycles. The molecule has 2 heterocycles. The van der Waals surface area contributed by atoms with E-state index in [1.807, 2.05) is 67.6 Å². The molecule has 3 atom stereocenters. The maximum Gasteiger partial charge on any atom is 0.243 e. The molecule has 0 aliphatic carbocycles. The zero-order chi connectivity index (χ0) is 33.0. The van der Waals surface area contributed by atoms with Gasteiger partial charge in [-0.15, -0.1) is 10.2 Å². The smallest absolute Gasteiger partial charge is 0.243 e. The Balaban J connectivity index is 1.23. The molecule has 47 heavy (non-hydrogen) atoms. The lowest BCUT2D eigenvalue weighted by atomic mass is 9.97. The molecule has 12 heteroatoms. The number of rotatable bonds is 15. The number of nitrogens with one attached hydrogen (secondary N) is 2. The minimum atomic E-state index is -0.561. The van der Waals surface area contributed by atoms with E-state index in [-0.39, 0.29) is 31.1 Å². The van der Waals surface area contributed by atoms with E-state index in [0.29, 0.717) is 32.2 Å². The molecule has 1 saturated heterocycles. The SMILES string of the molecule is Cc1nnc(SCC2CC(c3ccc(CO)cc3)OC(c3ccc(-c4ccccc4CNC(=O)CCCCCC(=O)NO)cc3)O2)s1. The van der Waals surface area contributed by atoms with Crippen molar-refractivity contribution in [3.8, 4) is 11.1 Å². The van der Waals surface area contributed by atoms with Crippen LogP contribution >= 0.6 is 23.1 Å². The fourth-order valence-corrected chi connectivity index (χ4v) is 7.24. The average molecular weight is 677 g/mol. The number of unbranched alkanes of at least 4 members (excludes halogenated alkanes) is 2. The molecule has 1 aromatic heterocycles. The van der Waals surface area contributed by atoms with Gasteiger partial charge >= 0.3 is 0 Å². The third-order valence-corrected chi connectivity index (χ3v) is 10.0. The van der Waals surface area contributed by atoms with Crippen molar-refractivity contribution in [3.63, 3.8) is 0 Å². The van der Waals surface area contributed by atoms with Gasteiger partial charge in [-0.1, -0.05) is 102 Å². The van der Waals surface area contributed by atoms with Crippen molar-refractivity contribution in [2.45, 2.75) is 81.4 Å². The number of aliphatic hydroxyl groups is 1. The minimum Gasteiger partial charge on any atom is -0.392 e. The van der Waals surface area contributed by atoms with E-state index in [1.54, 1.807) is 28.6 Å². The van der Waals surface area contributed by atoms with Crippen LogP contribution in [-0.2, 0) is 32.2 Å². The predicted octanol–water partition coefficient (Wildman–Crippen LogP) is 6.42. The number of amides is 2. The van der Waals surface area contributed by atoms with Gasteiger partial charge in [0, 0.05) is 37.1 Å². The molecule has 10 nitrogen and oxygen atoms in total. The zero-order valence-corrected chi connectivity index (χ0v) is 27.9. The van der Waals surface area contributed by atoms with Gasteiger partial charge < -0.3 is 19.9 Å². The number of hydrogen-bond donors (Lipinski definition) is 4.